The summed E-state index contributed by atoms with van der Waals surface area (Å²) in [6, 6.07) is 9.41. The molecular formula is C14H18FN3. The number of halogens is 1. The van der Waals surface area contributed by atoms with Crippen molar-refractivity contribution >= 4 is 5.69 Å². The third-order valence-corrected chi connectivity index (χ3v) is 3.44. The second kappa shape index (κ2) is 5.83. The minimum absolute atomic E-state index is 0.111. The average molecular weight is 247 g/mol. The Kier molecular flexibility index (Phi) is 4.16. The number of nitrogens with one attached hydrogen (secondary N) is 1. The van der Waals surface area contributed by atoms with Crippen LogP contribution in [0.4, 0.5) is 10.1 Å². The van der Waals surface area contributed by atoms with Crippen LogP contribution in [0.5, 0.6) is 0 Å². The van der Waals surface area contributed by atoms with Crippen LogP contribution in [0.1, 0.15) is 19.8 Å². The van der Waals surface area contributed by atoms with Crippen molar-refractivity contribution in [3.8, 4) is 6.07 Å². The Bertz CT molecular complexity index is 441. The van der Waals surface area contributed by atoms with E-state index in [-0.39, 0.29) is 17.9 Å². The molecule has 0 aromatic heterocycles. The maximum Gasteiger partial charge on any atom is 0.146 e. The van der Waals surface area contributed by atoms with Crippen LogP contribution in [-0.2, 0) is 0 Å². The standard InChI is InChI=1S/C14H18FN3/c1-11-7-9-17-12(6-8-16)10-18(11)14-5-3-2-4-13(14)15/h2-5,11-12,17H,6-7,9-10H2,1H3. The summed E-state index contributed by atoms with van der Waals surface area (Å²) in [5, 5.41) is 12.2. The fourth-order valence-electron chi connectivity index (χ4n) is 2.40. The van der Waals surface area contributed by atoms with Gasteiger partial charge in [0.15, 0.2) is 0 Å². The van der Waals surface area contributed by atoms with Crippen molar-refractivity contribution in [1.29, 1.82) is 5.26 Å². The van der Waals surface area contributed by atoms with E-state index in [0.29, 0.717) is 18.7 Å². The highest BCUT2D eigenvalue weighted by atomic mass is 19.1. The molecule has 0 bridgehead atoms. The van der Waals surface area contributed by atoms with Gasteiger partial charge in [-0.1, -0.05) is 12.1 Å². The van der Waals surface area contributed by atoms with E-state index in [9.17, 15) is 4.39 Å². The van der Waals surface area contributed by atoms with Crippen LogP contribution >= 0.6 is 0 Å². The summed E-state index contributed by atoms with van der Waals surface area (Å²) in [5.41, 5.74) is 0.636. The maximum atomic E-state index is 13.9. The molecule has 3 nitrogen and oxygen atoms in total. The van der Waals surface area contributed by atoms with Crippen molar-refractivity contribution in [3.05, 3.63) is 30.1 Å². The molecule has 0 aliphatic carbocycles. The Morgan fingerprint density at radius 2 is 2.28 bits per heavy atom. The fourth-order valence-corrected chi connectivity index (χ4v) is 2.40. The van der Waals surface area contributed by atoms with E-state index in [1.54, 1.807) is 12.1 Å². The molecule has 0 saturated carbocycles. The van der Waals surface area contributed by atoms with Gasteiger partial charge in [0, 0.05) is 18.6 Å². The van der Waals surface area contributed by atoms with Crippen LogP contribution in [-0.4, -0.2) is 25.2 Å². The van der Waals surface area contributed by atoms with E-state index >= 15 is 0 Å². The zero-order valence-corrected chi connectivity index (χ0v) is 10.6. The molecular weight excluding hydrogens is 229 g/mol. The monoisotopic (exact) mass is 247 g/mol. The predicted octanol–water partition coefficient (Wildman–Crippen LogP) is 2.30. The number of rotatable bonds is 2. The minimum atomic E-state index is -0.193. The Hall–Kier alpha value is -1.60. The first kappa shape index (κ1) is 12.8. The fraction of sp³-hybridized carbons (Fsp3) is 0.500. The highest BCUT2D eigenvalue weighted by Crippen LogP contribution is 2.24. The highest BCUT2D eigenvalue weighted by molar-refractivity contribution is 5.49. The summed E-state index contributed by atoms with van der Waals surface area (Å²) in [4.78, 5) is 2.07. The largest absolute Gasteiger partial charge is 0.365 e. The van der Waals surface area contributed by atoms with E-state index in [1.807, 2.05) is 6.07 Å². The molecule has 1 heterocycles. The minimum Gasteiger partial charge on any atom is -0.365 e. The first-order chi connectivity index (χ1) is 8.72. The Labute approximate surface area is 107 Å². The summed E-state index contributed by atoms with van der Waals surface area (Å²) >= 11 is 0. The predicted molar refractivity (Wildman–Crippen MR) is 69.8 cm³/mol. The van der Waals surface area contributed by atoms with Crippen molar-refractivity contribution in [3.63, 3.8) is 0 Å². The van der Waals surface area contributed by atoms with Crippen LogP contribution in [0, 0.1) is 17.1 Å². The number of nitriles is 1. The molecule has 1 aliphatic rings. The smallest absolute Gasteiger partial charge is 0.146 e. The first-order valence-electron chi connectivity index (χ1n) is 6.34. The van der Waals surface area contributed by atoms with Gasteiger partial charge in [0.25, 0.3) is 0 Å². The van der Waals surface area contributed by atoms with Crippen molar-refractivity contribution in [1.82, 2.24) is 5.32 Å². The van der Waals surface area contributed by atoms with E-state index < -0.39 is 0 Å². The molecule has 2 atom stereocenters. The van der Waals surface area contributed by atoms with E-state index in [0.717, 1.165) is 13.0 Å². The van der Waals surface area contributed by atoms with Gasteiger partial charge in [-0.25, -0.2) is 4.39 Å². The van der Waals surface area contributed by atoms with Crippen LogP contribution in [0.25, 0.3) is 0 Å². The summed E-state index contributed by atoms with van der Waals surface area (Å²) < 4.78 is 13.9. The lowest BCUT2D eigenvalue weighted by Gasteiger charge is -2.31. The number of benzene rings is 1. The molecule has 0 spiro atoms. The van der Waals surface area contributed by atoms with Gasteiger partial charge in [0.2, 0.25) is 0 Å². The molecule has 4 heteroatoms. The van der Waals surface area contributed by atoms with Crippen molar-refractivity contribution in [2.45, 2.75) is 31.8 Å². The van der Waals surface area contributed by atoms with Gasteiger partial charge in [0.05, 0.1) is 18.2 Å². The van der Waals surface area contributed by atoms with Crippen LogP contribution in [0.15, 0.2) is 24.3 Å². The average Bonchev–Trinajstić information content (AvgIpc) is 2.53. The SMILES string of the molecule is CC1CCNC(CC#N)CN1c1ccccc1F. The molecule has 1 aromatic carbocycles. The van der Waals surface area contributed by atoms with E-state index in [2.05, 4.69) is 23.2 Å². The second-order valence-electron chi connectivity index (χ2n) is 4.75. The molecule has 0 amide bonds. The molecule has 1 aromatic rings. The summed E-state index contributed by atoms with van der Waals surface area (Å²) in [6.07, 6.45) is 1.41. The summed E-state index contributed by atoms with van der Waals surface area (Å²) in [5.74, 6) is -0.193. The second-order valence-corrected chi connectivity index (χ2v) is 4.75. The highest BCUT2D eigenvalue weighted by Gasteiger charge is 2.24. The Morgan fingerprint density at radius 3 is 3.00 bits per heavy atom. The topological polar surface area (TPSA) is 39.1 Å². The first-order valence-corrected chi connectivity index (χ1v) is 6.34. The molecule has 1 fully saturated rings. The van der Waals surface area contributed by atoms with E-state index in [4.69, 9.17) is 5.26 Å². The van der Waals surface area contributed by atoms with Gasteiger partial charge in [-0.05, 0) is 32.0 Å². The molecule has 18 heavy (non-hydrogen) atoms. The van der Waals surface area contributed by atoms with Crippen LogP contribution in [0.2, 0.25) is 0 Å². The molecule has 1 N–H and O–H groups in total. The molecule has 2 rings (SSSR count). The van der Waals surface area contributed by atoms with E-state index in [1.165, 1.54) is 6.07 Å². The van der Waals surface area contributed by atoms with Gasteiger partial charge >= 0.3 is 0 Å². The van der Waals surface area contributed by atoms with Crippen molar-refractivity contribution < 1.29 is 4.39 Å². The lowest BCUT2D eigenvalue weighted by atomic mass is 10.1. The van der Waals surface area contributed by atoms with Gasteiger partial charge in [-0.15, -0.1) is 0 Å². The zero-order valence-electron chi connectivity index (χ0n) is 10.6. The van der Waals surface area contributed by atoms with Crippen LogP contribution < -0.4 is 10.2 Å². The molecule has 1 saturated heterocycles. The summed E-state index contributed by atoms with van der Waals surface area (Å²) in [6.45, 7) is 3.65. The zero-order chi connectivity index (χ0) is 13.0. The van der Waals surface area contributed by atoms with Crippen molar-refractivity contribution in [2.24, 2.45) is 0 Å². The lowest BCUT2D eigenvalue weighted by molar-refractivity contribution is 0.546. The summed E-state index contributed by atoms with van der Waals surface area (Å²) in [7, 11) is 0. The third kappa shape index (κ3) is 2.80. The number of hydrogen-bond donors (Lipinski definition) is 1. The van der Waals surface area contributed by atoms with Crippen molar-refractivity contribution in [2.75, 3.05) is 18.0 Å². The lowest BCUT2D eigenvalue weighted by Crippen LogP contribution is -2.40. The van der Waals surface area contributed by atoms with Gasteiger partial charge in [-0.3, -0.25) is 0 Å². The third-order valence-electron chi connectivity index (χ3n) is 3.44. The molecule has 0 radical (unpaired) electrons. The van der Waals surface area contributed by atoms with Gasteiger partial charge in [0.1, 0.15) is 5.82 Å². The maximum absolute atomic E-state index is 13.9. The molecule has 96 valence electrons. The number of anilines is 1. The number of hydrogen-bond acceptors (Lipinski definition) is 3. The number of nitrogens with zero attached hydrogens (tertiary/aromatic N) is 2. The molecule has 2 unspecified atom stereocenters. The number of para-hydroxylation sites is 1. The van der Waals surface area contributed by atoms with Gasteiger partial charge in [-0.2, -0.15) is 5.26 Å². The quantitative estimate of drug-likeness (QED) is 0.871. The normalized spacial score (nSPS) is 24.4. The van der Waals surface area contributed by atoms with Crippen LogP contribution in [0.3, 0.4) is 0 Å². The van der Waals surface area contributed by atoms with Gasteiger partial charge < -0.3 is 10.2 Å². The Balaban J connectivity index is 2.23. The molecule has 1 aliphatic heterocycles. The Morgan fingerprint density at radius 1 is 1.50 bits per heavy atom.